The molecule has 0 heterocycles. The second-order valence-corrected chi connectivity index (χ2v) is 7.09. The molecule has 2 rings (SSSR count). The zero-order valence-electron chi connectivity index (χ0n) is 10.5. The average Bonchev–Trinajstić information content (AvgIpc) is 2.42. The molecule has 0 saturated carbocycles. The van der Waals surface area contributed by atoms with Crippen LogP contribution in [0.4, 0.5) is 10.1 Å². The van der Waals surface area contributed by atoms with Crippen molar-refractivity contribution >= 4 is 43.2 Å². The molecule has 0 unspecified atom stereocenters. The Morgan fingerprint density at radius 3 is 2.52 bits per heavy atom. The van der Waals surface area contributed by atoms with Crippen LogP contribution < -0.4 is 4.72 Å². The van der Waals surface area contributed by atoms with E-state index in [4.69, 9.17) is 16.7 Å². The fourth-order valence-electron chi connectivity index (χ4n) is 1.60. The van der Waals surface area contributed by atoms with Gasteiger partial charge in [0.2, 0.25) is 0 Å². The first-order valence-corrected chi connectivity index (χ1v) is 8.36. The largest absolute Gasteiger partial charge is 0.392 e. The van der Waals surface area contributed by atoms with Gasteiger partial charge in [0.15, 0.2) is 0 Å². The first-order valence-electron chi connectivity index (χ1n) is 5.70. The summed E-state index contributed by atoms with van der Waals surface area (Å²) in [6.45, 7) is -0.280. The summed E-state index contributed by atoms with van der Waals surface area (Å²) in [6, 6.07) is 7.77. The van der Waals surface area contributed by atoms with Crippen LogP contribution >= 0.6 is 27.5 Å². The lowest BCUT2D eigenvalue weighted by molar-refractivity contribution is 0.282. The summed E-state index contributed by atoms with van der Waals surface area (Å²) in [5, 5.41) is 9.17. The molecule has 0 fully saturated rings. The van der Waals surface area contributed by atoms with Crippen molar-refractivity contribution in [2.75, 3.05) is 4.72 Å². The van der Waals surface area contributed by atoms with E-state index < -0.39 is 15.8 Å². The molecule has 0 atom stereocenters. The maximum atomic E-state index is 13.1. The van der Waals surface area contributed by atoms with Crippen molar-refractivity contribution < 1.29 is 17.9 Å². The minimum absolute atomic E-state index is 0.0508. The van der Waals surface area contributed by atoms with E-state index >= 15 is 0 Å². The maximum Gasteiger partial charge on any atom is 0.261 e. The van der Waals surface area contributed by atoms with E-state index in [1.807, 2.05) is 0 Å². The van der Waals surface area contributed by atoms with E-state index in [0.29, 0.717) is 5.56 Å². The van der Waals surface area contributed by atoms with Crippen LogP contribution in [-0.4, -0.2) is 13.5 Å². The van der Waals surface area contributed by atoms with E-state index in [-0.39, 0.29) is 26.7 Å². The van der Waals surface area contributed by atoms with Gasteiger partial charge >= 0.3 is 0 Å². The lowest BCUT2D eigenvalue weighted by atomic mass is 10.2. The van der Waals surface area contributed by atoms with E-state index in [2.05, 4.69) is 20.7 Å². The Kier molecular flexibility index (Phi) is 4.88. The molecule has 0 saturated heterocycles. The molecule has 0 aliphatic rings. The lowest BCUT2D eigenvalue weighted by Crippen LogP contribution is -2.13. The number of hydrogen-bond acceptors (Lipinski definition) is 3. The van der Waals surface area contributed by atoms with Gasteiger partial charge in [-0.15, -0.1) is 0 Å². The number of nitrogens with one attached hydrogen (secondary N) is 1. The summed E-state index contributed by atoms with van der Waals surface area (Å²) in [5.41, 5.74) is 0.644. The van der Waals surface area contributed by atoms with E-state index in [1.54, 1.807) is 0 Å². The second kappa shape index (κ2) is 6.31. The van der Waals surface area contributed by atoms with Crippen LogP contribution in [-0.2, 0) is 16.6 Å². The van der Waals surface area contributed by atoms with E-state index in [9.17, 15) is 12.8 Å². The second-order valence-electron chi connectivity index (χ2n) is 4.15. The predicted molar refractivity (Wildman–Crippen MR) is 82.3 cm³/mol. The van der Waals surface area contributed by atoms with Crippen LogP contribution in [0.5, 0.6) is 0 Å². The molecule has 2 aromatic rings. The molecule has 4 nitrogen and oxygen atoms in total. The number of hydrogen-bond donors (Lipinski definition) is 2. The number of halogens is 3. The van der Waals surface area contributed by atoms with Crippen molar-refractivity contribution in [3.05, 3.63) is 57.3 Å². The van der Waals surface area contributed by atoms with Crippen LogP contribution in [0.1, 0.15) is 5.56 Å². The first kappa shape index (κ1) is 16.2. The van der Waals surface area contributed by atoms with Gasteiger partial charge in [0.25, 0.3) is 10.0 Å². The minimum Gasteiger partial charge on any atom is -0.392 e. The summed E-state index contributed by atoms with van der Waals surface area (Å²) >= 11 is 8.86. The lowest BCUT2D eigenvalue weighted by Gasteiger charge is -2.10. The van der Waals surface area contributed by atoms with Gasteiger partial charge in [-0.2, -0.15) is 0 Å². The molecule has 0 spiro atoms. The molecule has 0 radical (unpaired) electrons. The molecule has 0 aliphatic carbocycles. The summed E-state index contributed by atoms with van der Waals surface area (Å²) in [7, 11) is -3.85. The summed E-state index contributed by atoms with van der Waals surface area (Å²) in [6.07, 6.45) is 0. The Morgan fingerprint density at radius 1 is 1.24 bits per heavy atom. The number of aliphatic hydroxyl groups is 1. The molecule has 21 heavy (non-hydrogen) atoms. The average molecular weight is 395 g/mol. The normalized spacial score (nSPS) is 11.4. The number of anilines is 1. The summed E-state index contributed by atoms with van der Waals surface area (Å²) < 4.78 is 40.0. The van der Waals surface area contributed by atoms with Gasteiger partial charge in [0, 0.05) is 5.02 Å². The van der Waals surface area contributed by atoms with Gasteiger partial charge in [0.05, 0.1) is 21.7 Å². The standard InChI is InChI=1S/C13H10BrClFNO3S/c14-11-5-9(2-4-13(11)16)17-21(19,20)10-3-1-8(7-18)12(15)6-10/h1-6,17-18H,7H2. The van der Waals surface area contributed by atoms with Crippen LogP contribution in [0.15, 0.2) is 45.8 Å². The van der Waals surface area contributed by atoms with Gasteiger partial charge < -0.3 is 5.11 Å². The highest BCUT2D eigenvalue weighted by Gasteiger charge is 2.16. The Balaban J connectivity index is 2.33. The predicted octanol–water partition coefficient (Wildman–Crippen LogP) is 3.53. The third kappa shape index (κ3) is 3.74. The van der Waals surface area contributed by atoms with Crippen molar-refractivity contribution in [1.82, 2.24) is 0 Å². The van der Waals surface area contributed by atoms with Gasteiger partial charge in [-0.1, -0.05) is 17.7 Å². The van der Waals surface area contributed by atoms with Crippen molar-refractivity contribution in [2.45, 2.75) is 11.5 Å². The third-order valence-electron chi connectivity index (χ3n) is 2.68. The molecule has 0 aromatic heterocycles. The molecule has 112 valence electrons. The molecule has 0 amide bonds. The highest BCUT2D eigenvalue weighted by atomic mass is 79.9. The van der Waals surface area contributed by atoms with Gasteiger partial charge in [0.1, 0.15) is 5.82 Å². The van der Waals surface area contributed by atoms with Gasteiger partial charge in [-0.05, 0) is 51.8 Å². The SMILES string of the molecule is O=S(=O)(Nc1ccc(F)c(Br)c1)c1ccc(CO)c(Cl)c1. The molecule has 2 aromatic carbocycles. The molecule has 0 bridgehead atoms. The Hall–Kier alpha value is -1.15. The van der Waals surface area contributed by atoms with Crippen LogP contribution in [0, 0.1) is 5.82 Å². The highest BCUT2D eigenvalue weighted by Crippen LogP contribution is 2.25. The zero-order chi connectivity index (χ0) is 15.6. The molecule has 2 N–H and O–H groups in total. The van der Waals surface area contributed by atoms with Crippen LogP contribution in [0.25, 0.3) is 0 Å². The molecular formula is C13H10BrClFNO3S. The Bertz CT molecular complexity index is 783. The Morgan fingerprint density at radius 2 is 1.95 bits per heavy atom. The van der Waals surface area contributed by atoms with Crippen molar-refractivity contribution in [2.24, 2.45) is 0 Å². The zero-order valence-corrected chi connectivity index (χ0v) is 13.6. The monoisotopic (exact) mass is 393 g/mol. The van der Waals surface area contributed by atoms with Crippen molar-refractivity contribution in [3.8, 4) is 0 Å². The van der Waals surface area contributed by atoms with Crippen molar-refractivity contribution in [3.63, 3.8) is 0 Å². The van der Waals surface area contributed by atoms with Crippen LogP contribution in [0.3, 0.4) is 0 Å². The number of benzene rings is 2. The fourth-order valence-corrected chi connectivity index (χ4v) is 3.36. The fraction of sp³-hybridized carbons (Fsp3) is 0.0769. The third-order valence-corrected chi connectivity index (χ3v) is 5.02. The van der Waals surface area contributed by atoms with E-state index in [0.717, 1.165) is 6.07 Å². The topological polar surface area (TPSA) is 66.4 Å². The number of rotatable bonds is 4. The number of sulfonamides is 1. The highest BCUT2D eigenvalue weighted by molar-refractivity contribution is 9.10. The van der Waals surface area contributed by atoms with Gasteiger partial charge in [-0.25, -0.2) is 12.8 Å². The van der Waals surface area contributed by atoms with Gasteiger partial charge in [-0.3, -0.25) is 4.72 Å². The molecule has 0 aliphatic heterocycles. The summed E-state index contributed by atoms with van der Waals surface area (Å²) in [4.78, 5) is -0.0508. The maximum absolute atomic E-state index is 13.1. The molecular weight excluding hydrogens is 385 g/mol. The quantitative estimate of drug-likeness (QED) is 0.833. The smallest absolute Gasteiger partial charge is 0.261 e. The van der Waals surface area contributed by atoms with Crippen LogP contribution in [0.2, 0.25) is 5.02 Å². The molecule has 8 heteroatoms. The summed E-state index contributed by atoms with van der Waals surface area (Å²) in [5.74, 6) is -0.492. The van der Waals surface area contributed by atoms with E-state index in [1.165, 1.54) is 30.3 Å². The first-order chi connectivity index (χ1) is 9.83. The minimum atomic E-state index is -3.85. The number of aliphatic hydroxyl groups excluding tert-OH is 1. The van der Waals surface area contributed by atoms with Crippen molar-refractivity contribution in [1.29, 1.82) is 0 Å². The Labute approximate surface area is 134 Å².